The molecule has 0 spiro atoms. The summed E-state index contributed by atoms with van der Waals surface area (Å²) >= 11 is 0. The molecule has 186 valence electrons. The lowest BCUT2D eigenvalue weighted by Crippen LogP contribution is -2.39. The van der Waals surface area contributed by atoms with Gasteiger partial charge in [0.25, 0.3) is 0 Å². The fraction of sp³-hybridized carbons (Fsp3) is 0.692. The van der Waals surface area contributed by atoms with Crippen LogP contribution in [0.5, 0.6) is 0 Å². The number of anilines is 2. The van der Waals surface area contributed by atoms with Gasteiger partial charge in [-0.15, -0.1) is 10.2 Å². The van der Waals surface area contributed by atoms with Gasteiger partial charge in [0.05, 0.1) is 23.6 Å². The molecule has 1 atom stereocenters. The van der Waals surface area contributed by atoms with Crippen LogP contribution in [0, 0.1) is 0 Å². The molecule has 2 aromatic heterocycles. The molecule has 0 aromatic carbocycles. The molecule has 2 N–H and O–H groups in total. The lowest BCUT2D eigenvalue weighted by Gasteiger charge is -2.32. The van der Waals surface area contributed by atoms with E-state index in [2.05, 4.69) is 76.1 Å². The highest BCUT2D eigenvalue weighted by molar-refractivity contribution is 5.40. The molecule has 0 bridgehead atoms. The number of aliphatic hydroxyl groups excluding tert-OH is 2. The summed E-state index contributed by atoms with van der Waals surface area (Å²) in [7, 11) is 0. The van der Waals surface area contributed by atoms with Crippen LogP contribution >= 0.6 is 0 Å². The molecule has 4 heterocycles. The van der Waals surface area contributed by atoms with E-state index in [0.717, 1.165) is 81.2 Å². The van der Waals surface area contributed by atoms with Crippen molar-refractivity contribution in [1.29, 1.82) is 0 Å². The second-order valence-electron chi connectivity index (χ2n) is 11.3. The first-order valence-corrected chi connectivity index (χ1v) is 12.7. The van der Waals surface area contributed by atoms with Crippen molar-refractivity contribution in [2.45, 2.75) is 89.3 Å². The topological polar surface area (TPSA) is 98.5 Å². The number of piperidine rings is 2. The van der Waals surface area contributed by atoms with E-state index in [1.807, 2.05) is 6.07 Å². The standard InChI is InChI=1S/C26H40N6O2/c1-25(2,21-7-9-23(29-27-21)31-16-11-19(33)12-17-31)13-14-26(3,4)22-8-10-24(30-28-22)32-15-5-6-20(34)18-32/h7-10,19-20,33-34H,5-6,11-18H2,1-4H3. The first-order chi connectivity index (χ1) is 16.1. The summed E-state index contributed by atoms with van der Waals surface area (Å²) in [5.74, 6) is 1.74. The number of nitrogens with zero attached hydrogens (tertiary/aromatic N) is 6. The van der Waals surface area contributed by atoms with Crippen molar-refractivity contribution in [3.8, 4) is 0 Å². The van der Waals surface area contributed by atoms with Gasteiger partial charge in [0, 0.05) is 37.0 Å². The molecule has 2 aliphatic rings. The van der Waals surface area contributed by atoms with Crippen LogP contribution in [-0.2, 0) is 10.8 Å². The zero-order valence-electron chi connectivity index (χ0n) is 21.1. The van der Waals surface area contributed by atoms with E-state index in [9.17, 15) is 10.2 Å². The Labute approximate surface area is 203 Å². The molecule has 2 aliphatic heterocycles. The van der Waals surface area contributed by atoms with Gasteiger partial charge in [0.15, 0.2) is 11.6 Å². The van der Waals surface area contributed by atoms with Gasteiger partial charge in [0.1, 0.15) is 0 Å². The zero-order valence-corrected chi connectivity index (χ0v) is 21.1. The van der Waals surface area contributed by atoms with Crippen LogP contribution < -0.4 is 9.80 Å². The van der Waals surface area contributed by atoms with Crippen LogP contribution in [-0.4, -0.2) is 69.0 Å². The Balaban J connectivity index is 1.36. The van der Waals surface area contributed by atoms with Crippen molar-refractivity contribution in [2.24, 2.45) is 0 Å². The van der Waals surface area contributed by atoms with Gasteiger partial charge >= 0.3 is 0 Å². The third-order valence-corrected chi connectivity index (χ3v) is 7.57. The Bertz CT molecular complexity index is 923. The predicted octanol–water partition coefficient (Wildman–Crippen LogP) is 3.22. The van der Waals surface area contributed by atoms with Gasteiger partial charge < -0.3 is 20.0 Å². The van der Waals surface area contributed by atoms with E-state index in [1.54, 1.807) is 0 Å². The Morgan fingerprint density at radius 1 is 0.706 bits per heavy atom. The molecular formula is C26H40N6O2. The van der Waals surface area contributed by atoms with E-state index < -0.39 is 0 Å². The summed E-state index contributed by atoms with van der Waals surface area (Å²) in [5, 5.41) is 37.8. The first-order valence-electron chi connectivity index (χ1n) is 12.7. The largest absolute Gasteiger partial charge is 0.393 e. The summed E-state index contributed by atoms with van der Waals surface area (Å²) in [4.78, 5) is 4.32. The zero-order chi connectivity index (χ0) is 24.3. The molecule has 0 aliphatic carbocycles. The van der Waals surface area contributed by atoms with Crippen molar-refractivity contribution in [1.82, 2.24) is 20.4 Å². The summed E-state index contributed by atoms with van der Waals surface area (Å²) in [6, 6.07) is 8.29. The molecule has 0 saturated carbocycles. The molecule has 0 radical (unpaired) electrons. The van der Waals surface area contributed by atoms with Crippen LogP contribution in [0.2, 0.25) is 0 Å². The minimum atomic E-state index is -0.279. The van der Waals surface area contributed by atoms with E-state index in [1.165, 1.54) is 0 Å². The van der Waals surface area contributed by atoms with Crippen LogP contribution in [0.4, 0.5) is 11.6 Å². The first kappa shape index (κ1) is 24.8. The number of β-amino-alcohol motifs (C(OH)–C–C–N with tert-alkyl or cyclic N) is 1. The van der Waals surface area contributed by atoms with Crippen molar-refractivity contribution < 1.29 is 10.2 Å². The highest BCUT2D eigenvalue weighted by Crippen LogP contribution is 2.35. The smallest absolute Gasteiger partial charge is 0.151 e. The monoisotopic (exact) mass is 468 g/mol. The van der Waals surface area contributed by atoms with E-state index in [0.29, 0.717) is 6.54 Å². The van der Waals surface area contributed by atoms with Gasteiger partial charge in [-0.1, -0.05) is 27.7 Å². The maximum Gasteiger partial charge on any atom is 0.151 e. The van der Waals surface area contributed by atoms with Crippen molar-refractivity contribution in [3.63, 3.8) is 0 Å². The minimum absolute atomic E-state index is 0.113. The summed E-state index contributed by atoms with van der Waals surface area (Å²) in [6.07, 6.45) is 4.84. The average molecular weight is 469 g/mol. The number of aliphatic hydroxyl groups is 2. The summed E-state index contributed by atoms with van der Waals surface area (Å²) < 4.78 is 0. The Hall–Kier alpha value is -2.32. The van der Waals surface area contributed by atoms with Gasteiger partial charge in [0.2, 0.25) is 0 Å². The lowest BCUT2D eigenvalue weighted by atomic mass is 9.76. The molecule has 1 unspecified atom stereocenters. The molecule has 8 nitrogen and oxygen atoms in total. The number of hydrogen-bond donors (Lipinski definition) is 2. The summed E-state index contributed by atoms with van der Waals surface area (Å²) in [6.45, 7) is 12.1. The second kappa shape index (κ2) is 10.1. The lowest BCUT2D eigenvalue weighted by molar-refractivity contribution is 0.145. The van der Waals surface area contributed by atoms with Gasteiger partial charge in [-0.25, -0.2) is 0 Å². The molecule has 2 aromatic rings. The molecule has 0 amide bonds. The van der Waals surface area contributed by atoms with E-state index in [4.69, 9.17) is 0 Å². The van der Waals surface area contributed by atoms with Gasteiger partial charge in [-0.2, -0.15) is 10.2 Å². The number of rotatable bonds is 7. The molecule has 8 heteroatoms. The fourth-order valence-corrected chi connectivity index (χ4v) is 4.85. The Kier molecular flexibility index (Phi) is 7.38. The van der Waals surface area contributed by atoms with Crippen LogP contribution in [0.3, 0.4) is 0 Å². The van der Waals surface area contributed by atoms with E-state index >= 15 is 0 Å². The van der Waals surface area contributed by atoms with Crippen molar-refractivity contribution >= 4 is 11.6 Å². The molecule has 2 saturated heterocycles. The van der Waals surface area contributed by atoms with Crippen LogP contribution in [0.15, 0.2) is 24.3 Å². The fourth-order valence-electron chi connectivity index (χ4n) is 4.85. The number of aromatic nitrogens is 4. The van der Waals surface area contributed by atoms with Crippen molar-refractivity contribution in [3.05, 3.63) is 35.7 Å². The van der Waals surface area contributed by atoms with Gasteiger partial charge in [-0.3, -0.25) is 0 Å². The minimum Gasteiger partial charge on any atom is -0.393 e. The molecular weight excluding hydrogens is 428 g/mol. The number of hydrogen-bond acceptors (Lipinski definition) is 8. The third-order valence-electron chi connectivity index (χ3n) is 7.57. The second-order valence-corrected chi connectivity index (χ2v) is 11.3. The highest BCUT2D eigenvalue weighted by Gasteiger charge is 2.30. The van der Waals surface area contributed by atoms with Gasteiger partial charge in [-0.05, 0) is 62.8 Å². The Morgan fingerprint density at radius 3 is 1.71 bits per heavy atom. The third kappa shape index (κ3) is 5.84. The normalized spacial score (nSPS) is 20.6. The van der Waals surface area contributed by atoms with E-state index in [-0.39, 0.29) is 23.0 Å². The van der Waals surface area contributed by atoms with Crippen molar-refractivity contribution in [2.75, 3.05) is 36.0 Å². The van der Waals surface area contributed by atoms with Crippen LogP contribution in [0.25, 0.3) is 0 Å². The molecule has 34 heavy (non-hydrogen) atoms. The van der Waals surface area contributed by atoms with Crippen LogP contribution in [0.1, 0.15) is 77.6 Å². The molecule has 4 rings (SSSR count). The SMILES string of the molecule is CC(C)(CCC(C)(C)c1ccc(N2CCCC(O)C2)nn1)c1ccc(N2CCC(O)CC2)nn1. The average Bonchev–Trinajstić information content (AvgIpc) is 2.84. The summed E-state index contributed by atoms with van der Waals surface area (Å²) in [5.41, 5.74) is 1.75. The predicted molar refractivity (Wildman–Crippen MR) is 134 cm³/mol. The highest BCUT2D eigenvalue weighted by atomic mass is 16.3. The maximum atomic E-state index is 9.95. The molecule has 2 fully saturated rings. The maximum absolute atomic E-state index is 9.95. The Morgan fingerprint density at radius 2 is 1.24 bits per heavy atom. The quantitative estimate of drug-likeness (QED) is 0.639.